The summed E-state index contributed by atoms with van der Waals surface area (Å²) in [6, 6.07) is 14.1. The highest BCUT2D eigenvalue weighted by atomic mass is 16.6. The number of nitrogens with zero attached hydrogens (tertiary/aromatic N) is 2. The normalized spacial score (nSPS) is 11.3. The Morgan fingerprint density at radius 1 is 1.08 bits per heavy atom. The number of hydrogen-bond acceptors (Lipinski definition) is 6. The molecule has 0 radical (unpaired) electrons. The third-order valence-electron chi connectivity index (χ3n) is 3.11. The first kappa shape index (κ1) is 17.0. The molecular formula is C17H17N3O4. The van der Waals surface area contributed by atoms with Crippen LogP contribution in [0.2, 0.25) is 0 Å². The van der Waals surface area contributed by atoms with E-state index in [9.17, 15) is 10.1 Å². The Kier molecular flexibility index (Phi) is 5.90. The fourth-order valence-electron chi connectivity index (χ4n) is 1.92. The fraction of sp³-hybridized carbons (Fsp3) is 0.118. The Morgan fingerprint density at radius 2 is 1.71 bits per heavy atom. The maximum absolute atomic E-state index is 11.2. The fourth-order valence-corrected chi connectivity index (χ4v) is 1.92. The first-order chi connectivity index (χ1) is 11.7. The lowest BCUT2D eigenvalue weighted by Gasteiger charge is -2.06. The highest BCUT2D eigenvalue weighted by molar-refractivity contribution is 5.80. The molecule has 0 bridgehead atoms. The maximum atomic E-state index is 11.2. The Balaban J connectivity index is 2.23. The van der Waals surface area contributed by atoms with Gasteiger partial charge in [-0.15, -0.1) is 0 Å². The molecule has 124 valence electrons. The summed E-state index contributed by atoms with van der Waals surface area (Å²) in [5, 5.41) is 14.1. The summed E-state index contributed by atoms with van der Waals surface area (Å²) in [6.07, 6.45) is 2.43. The molecule has 0 saturated heterocycles. The van der Waals surface area contributed by atoms with Crippen LogP contribution in [-0.4, -0.2) is 25.4 Å². The topological polar surface area (TPSA) is 86.0 Å². The summed E-state index contributed by atoms with van der Waals surface area (Å²) in [5.74, 6) is 1.12. The van der Waals surface area contributed by atoms with Gasteiger partial charge in [0.05, 0.1) is 31.0 Å². The van der Waals surface area contributed by atoms with Gasteiger partial charge >= 0.3 is 5.70 Å². The molecular weight excluding hydrogens is 310 g/mol. The quantitative estimate of drug-likeness (QED) is 0.477. The van der Waals surface area contributed by atoms with E-state index in [0.29, 0.717) is 22.9 Å². The molecule has 2 aromatic rings. The molecule has 2 aromatic carbocycles. The van der Waals surface area contributed by atoms with E-state index in [-0.39, 0.29) is 5.70 Å². The van der Waals surface area contributed by atoms with Crippen LogP contribution in [0.25, 0.3) is 0 Å². The van der Waals surface area contributed by atoms with E-state index >= 15 is 0 Å². The third kappa shape index (κ3) is 4.33. The van der Waals surface area contributed by atoms with E-state index in [4.69, 9.17) is 9.47 Å². The number of benzene rings is 2. The lowest BCUT2D eigenvalue weighted by Crippen LogP contribution is -2.04. The highest BCUT2D eigenvalue weighted by Gasteiger charge is 2.09. The molecule has 1 N–H and O–H groups in total. The molecule has 7 nitrogen and oxygen atoms in total. The van der Waals surface area contributed by atoms with Gasteiger partial charge in [-0.3, -0.25) is 10.1 Å². The van der Waals surface area contributed by atoms with E-state index in [1.807, 2.05) is 6.07 Å². The summed E-state index contributed by atoms with van der Waals surface area (Å²) in [4.78, 5) is 14.8. The Hall–Kier alpha value is -3.35. The molecule has 0 unspecified atom stereocenters. The van der Waals surface area contributed by atoms with Crippen molar-refractivity contribution in [3.8, 4) is 11.5 Å². The standard InChI is InChI=1S/C17H17N3O4/c1-23-16-9-5-3-7-14(16)18-11-13(20(21)22)12-19-15-8-4-6-10-17(15)24-2/h3-12,18H,1-2H3/b13-11+,19-12?. The lowest BCUT2D eigenvalue weighted by atomic mass is 10.3. The molecule has 7 heteroatoms. The van der Waals surface area contributed by atoms with Crippen LogP contribution in [-0.2, 0) is 0 Å². The molecule has 0 atom stereocenters. The van der Waals surface area contributed by atoms with Crippen LogP contribution in [0.4, 0.5) is 11.4 Å². The number of hydrogen-bond donors (Lipinski definition) is 1. The van der Waals surface area contributed by atoms with Crippen LogP contribution in [0, 0.1) is 10.1 Å². The zero-order chi connectivity index (χ0) is 17.4. The summed E-state index contributed by atoms with van der Waals surface area (Å²) in [7, 11) is 3.05. The minimum Gasteiger partial charge on any atom is -0.495 e. The van der Waals surface area contributed by atoms with Gasteiger partial charge in [0.2, 0.25) is 0 Å². The highest BCUT2D eigenvalue weighted by Crippen LogP contribution is 2.26. The van der Waals surface area contributed by atoms with Gasteiger partial charge in [-0.05, 0) is 24.3 Å². The first-order valence-corrected chi connectivity index (χ1v) is 7.07. The van der Waals surface area contributed by atoms with E-state index in [1.165, 1.54) is 26.6 Å². The Bertz CT molecular complexity index is 772. The second kappa shape index (κ2) is 8.33. The van der Waals surface area contributed by atoms with Crippen molar-refractivity contribution in [2.45, 2.75) is 0 Å². The number of allylic oxidation sites excluding steroid dienone is 1. The van der Waals surface area contributed by atoms with Crippen LogP contribution in [0.5, 0.6) is 11.5 Å². The molecule has 24 heavy (non-hydrogen) atoms. The summed E-state index contributed by atoms with van der Waals surface area (Å²) in [5.41, 5.74) is 0.918. The van der Waals surface area contributed by atoms with Crippen LogP contribution in [0.15, 0.2) is 65.4 Å². The molecule has 0 aromatic heterocycles. The smallest absolute Gasteiger partial charge is 0.303 e. The molecule has 2 rings (SSSR count). The number of nitro groups is 1. The van der Waals surface area contributed by atoms with Gasteiger partial charge in [0.15, 0.2) is 0 Å². The van der Waals surface area contributed by atoms with Crippen LogP contribution in [0.3, 0.4) is 0 Å². The second-order valence-corrected chi connectivity index (χ2v) is 4.60. The molecule has 0 heterocycles. The van der Waals surface area contributed by atoms with Gasteiger partial charge in [0.1, 0.15) is 23.4 Å². The van der Waals surface area contributed by atoms with Crippen molar-refractivity contribution >= 4 is 17.6 Å². The van der Waals surface area contributed by atoms with Crippen molar-refractivity contribution in [3.05, 3.63) is 70.5 Å². The van der Waals surface area contributed by atoms with E-state index < -0.39 is 4.92 Å². The summed E-state index contributed by atoms with van der Waals surface area (Å²) < 4.78 is 10.3. The number of aliphatic imine (C=N–C) groups is 1. The van der Waals surface area contributed by atoms with E-state index in [2.05, 4.69) is 10.3 Å². The molecule has 0 amide bonds. The Morgan fingerprint density at radius 3 is 2.38 bits per heavy atom. The van der Waals surface area contributed by atoms with Crippen LogP contribution < -0.4 is 14.8 Å². The second-order valence-electron chi connectivity index (χ2n) is 4.60. The molecule has 0 saturated carbocycles. The van der Waals surface area contributed by atoms with Crippen molar-refractivity contribution < 1.29 is 14.4 Å². The SMILES string of the molecule is COc1ccccc1N=C/C(=C\Nc1ccccc1OC)[N+](=O)[O-]. The average molecular weight is 327 g/mol. The van der Waals surface area contributed by atoms with Crippen molar-refractivity contribution in [2.24, 2.45) is 4.99 Å². The number of para-hydroxylation sites is 4. The number of nitrogens with one attached hydrogen (secondary N) is 1. The Labute approximate surface area is 139 Å². The lowest BCUT2D eigenvalue weighted by molar-refractivity contribution is -0.414. The van der Waals surface area contributed by atoms with E-state index in [0.717, 1.165) is 0 Å². The number of ether oxygens (including phenoxy) is 2. The van der Waals surface area contributed by atoms with Gasteiger partial charge in [0.25, 0.3) is 0 Å². The maximum Gasteiger partial charge on any atom is 0.303 e. The minimum absolute atomic E-state index is 0.202. The molecule has 0 spiro atoms. The van der Waals surface area contributed by atoms with Gasteiger partial charge in [-0.2, -0.15) is 0 Å². The van der Waals surface area contributed by atoms with Gasteiger partial charge < -0.3 is 14.8 Å². The van der Waals surface area contributed by atoms with Gasteiger partial charge in [-0.1, -0.05) is 24.3 Å². The molecule has 0 fully saturated rings. The van der Waals surface area contributed by atoms with Crippen molar-refractivity contribution in [1.29, 1.82) is 0 Å². The van der Waals surface area contributed by atoms with Gasteiger partial charge in [0, 0.05) is 0 Å². The predicted octanol–water partition coefficient (Wildman–Crippen LogP) is 3.64. The number of anilines is 1. The molecule has 0 aliphatic heterocycles. The largest absolute Gasteiger partial charge is 0.495 e. The van der Waals surface area contributed by atoms with Crippen LogP contribution in [0.1, 0.15) is 0 Å². The van der Waals surface area contributed by atoms with Crippen molar-refractivity contribution in [2.75, 3.05) is 19.5 Å². The van der Waals surface area contributed by atoms with Crippen molar-refractivity contribution in [1.82, 2.24) is 0 Å². The first-order valence-electron chi connectivity index (χ1n) is 7.07. The summed E-state index contributed by atoms with van der Waals surface area (Å²) in [6.45, 7) is 0. The van der Waals surface area contributed by atoms with Crippen LogP contribution >= 0.6 is 0 Å². The number of rotatable bonds is 7. The van der Waals surface area contributed by atoms with E-state index in [1.54, 1.807) is 42.5 Å². The zero-order valence-corrected chi connectivity index (χ0v) is 13.3. The molecule has 0 aliphatic rings. The summed E-state index contributed by atoms with van der Waals surface area (Å²) >= 11 is 0. The number of methoxy groups -OCH3 is 2. The monoisotopic (exact) mass is 327 g/mol. The average Bonchev–Trinajstić information content (AvgIpc) is 2.62. The predicted molar refractivity (Wildman–Crippen MR) is 92.8 cm³/mol. The zero-order valence-electron chi connectivity index (χ0n) is 13.3. The van der Waals surface area contributed by atoms with Gasteiger partial charge in [-0.25, -0.2) is 4.99 Å². The molecule has 0 aliphatic carbocycles. The minimum atomic E-state index is -0.526. The van der Waals surface area contributed by atoms with Crippen molar-refractivity contribution in [3.63, 3.8) is 0 Å². The third-order valence-corrected chi connectivity index (χ3v) is 3.11.